The van der Waals surface area contributed by atoms with Crippen LogP contribution in [0.4, 0.5) is 0 Å². The van der Waals surface area contributed by atoms with Gasteiger partial charge in [0.15, 0.2) is 11.7 Å². The molecule has 2 heterocycles. The first-order valence-electron chi connectivity index (χ1n) is 3.46. The molecule has 4 nitrogen and oxygen atoms in total. The molecule has 0 spiro atoms. The highest BCUT2D eigenvalue weighted by molar-refractivity contribution is 5.73. The Labute approximate surface area is 67.5 Å². The molecule has 12 heavy (non-hydrogen) atoms. The molecule has 0 amide bonds. The highest BCUT2D eigenvalue weighted by Crippen LogP contribution is 1.98. The average molecular weight is 162 g/mol. The average Bonchev–Trinajstić information content (AvgIpc) is 2.46. The number of aldehydes is 1. The number of nitrogens with one attached hydrogen (secondary N) is 1. The van der Waals surface area contributed by atoms with Gasteiger partial charge < -0.3 is 9.38 Å². The molecule has 60 valence electrons. The van der Waals surface area contributed by atoms with Crippen LogP contribution in [0, 0.1) is 0 Å². The van der Waals surface area contributed by atoms with Crippen LogP contribution >= 0.6 is 0 Å². The first kappa shape index (κ1) is 6.84. The maximum absolute atomic E-state index is 10.9. The van der Waals surface area contributed by atoms with Crippen LogP contribution in [0.2, 0.25) is 0 Å². The van der Waals surface area contributed by atoms with Crippen LogP contribution in [0.5, 0.6) is 0 Å². The molecule has 0 aliphatic heterocycles. The van der Waals surface area contributed by atoms with E-state index < -0.39 is 0 Å². The summed E-state index contributed by atoms with van der Waals surface area (Å²) in [6.45, 7) is 0. The summed E-state index contributed by atoms with van der Waals surface area (Å²) in [5.74, 6) is 0. The third kappa shape index (κ3) is 0.934. The van der Waals surface area contributed by atoms with Crippen molar-refractivity contribution in [1.29, 1.82) is 0 Å². The number of carbonyl (C=O) groups excluding carboxylic acids is 1. The lowest BCUT2D eigenvalue weighted by atomic mass is 10.5. The second kappa shape index (κ2) is 2.34. The van der Waals surface area contributed by atoms with Crippen molar-refractivity contribution in [1.82, 2.24) is 9.38 Å². The lowest BCUT2D eigenvalue weighted by molar-refractivity contribution is 0.111. The third-order valence-corrected chi connectivity index (χ3v) is 1.63. The lowest BCUT2D eigenvalue weighted by Crippen LogP contribution is -1.97. The number of hydrogen-bond donors (Lipinski definition) is 1. The molecular weight excluding hydrogens is 156 g/mol. The predicted molar refractivity (Wildman–Crippen MR) is 43.4 cm³/mol. The van der Waals surface area contributed by atoms with Crippen molar-refractivity contribution in [2.24, 2.45) is 0 Å². The van der Waals surface area contributed by atoms with Gasteiger partial charge in [0.25, 0.3) is 0 Å². The van der Waals surface area contributed by atoms with Gasteiger partial charge in [-0.3, -0.25) is 9.59 Å². The van der Waals surface area contributed by atoms with Gasteiger partial charge in [0, 0.05) is 24.5 Å². The molecule has 0 fully saturated rings. The van der Waals surface area contributed by atoms with Crippen LogP contribution in [0.15, 0.2) is 29.3 Å². The van der Waals surface area contributed by atoms with E-state index in [4.69, 9.17) is 0 Å². The Hall–Kier alpha value is -1.84. The Bertz CT molecular complexity index is 481. The molecule has 2 rings (SSSR count). The fourth-order valence-electron chi connectivity index (χ4n) is 1.09. The number of H-pyrrole nitrogens is 1. The topological polar surface area (TPSA) is 54.3 Å². The largest absolute Gasteiger partial charge is 0.337 e. The summed E-state index contributed by atoms with van der Waals surface area (Å²) in [5, 5.41) is 0. The number of imidazole rings is 1. The zero-order valence-electron chi connectivity index (χ0n) is 6.15. The SMILES string of the molecule is O=Cc1cn2ccc(=O)cc2[nH]1. The number of aromatic nitrogens is 2. The highest BCUT2D eigenvalue weighted by atomic mass is 16.1. The van der Waals surface area contributed by atoms with E-state index in [-0.39, 0.29) is 5.43 Å². The molecule has 0 saturated carbocycles. The van der Waals surface area contributed by atoms with Crippen molar-refractivity contribution < 1.29 is 4.79 Å². The minimum atomic E-state index is -0.0747. The first-order valence-corrected chi connectivity index (χ1v) is 3.46. The van der Waals surface area contributed by atoms with Crippen molar-refractivity contribution in [3.63, 3.8) is 0 Å². The Morgan fingerprint density at radius 3 is 3.08 bits per heavy atom. The van der Waals surface area contributed by atoms with Crippen LogP contribution in [0.3, 0.4) is 0 Å². The zero-order chi connectivity index (χ0) is 8.55. The molecule has 0 unspecified atom stereocenters. The minimum Gasteiger partial charge on any atom is -0.337 e. The minimum absolute atomic E-state index is 0.0747. The second-order valence-corrected chi connectivity index (χ2v) is 2.48. The molecule has 0 aromatic carbocycles. The summed E-state index contributed by atoms with van der Waals surface area (Å²) < 4.78 is 1.69. The highest BCUT2D eigenvalue weighted by Gasteiger charge is 1.96. The number of rotatable bonds is 1. The maximum atomic E-state index is 10.9. The van der Waals surface area contributed by atoms with Gasteiger partial charge in [0.05, 0.1) is 5.69 Å². The molecule has 0 bridgehead atoms. The first-order chi connectivity index (χ1) is 5.79. The van der Waals surface area contributed by atoms with Crippen molar-refractivity contribution >= 4 is 11.9 Å². The van der Waals surface area contributed by atoms with E-state index in [1.54, 1.807) is 16.8 Å². The van der Waals surface area contributed by atoms with Gasteiger partial charge in [0.1, 0.15) is 5.65 Å². The standard InChI is InChI=1S/C8H6N2O2/c11-5-6-4-10-2-1-7(12)3-8(10)9-6/h1-5,9H. The molecular formula is C8H6N2O2. The van der Waals surface area contributed by atoms with Gasteiger partial charge in [-0.15, -0.1) is 0 Å². The second-order valence-electron chi connectivity index (χ2n) is 2.48. The number of pyridine rings is 1. The number of fused-ring (bicyclic) bond motifs is 1. The number of carbonyl (C=O) groups is 1. The molecule has 1 N–H and O–H groups in total. The normalized spacial score (nSPS) is 10.3. The van der Waals surface area contributed by atoms with Crippen LogP contribution in [-0.4, -0.2) is 15.7 Å². The molecule has 2 aromatic heterocycles. The molecule has 2 aromatic rings. The van der Waals surface area contributed by atoms with E-state index >= 15 is 0 Å². The summed E-state index contributed by atoms with van der Waals surface area (Å²) in [6, 6.07) is 2.88. The van der Waals surface area contributed by atoms with Gasteiger partial charge in [-0.2, -0.15) is 0 Å². The van der Waals surface area contributed by atoms with Crippen molar-refractivity contribution in [2.75, 3.05) is 0 Å². The fourth-order valence-corrected chi connectivity index (χ4v) is 1.09. The van der Waals surface area contributed by atoms with Gasteiger partial charge in [-0.25, -0.2) is 0 Å². The number of hydrogen-bond acceptors (Lipinski definition) is 2. The van der Waals surface area contributed by atoms with Crippen LogP contribution < -0.4 is 5.43 Å². The summed E-state index contributed by atoms with van der Waals surface area (Å²) in [7, 11) is 0. The quantitative estimate of drug-likeness (QED) is 0.618. The maximum Gasteiger partial charge on any atom is 0.183 e. The molecule has 0 saturated heterocycles. The molecule has 0 atom stereocenters. The van der Waals surface area contributed by atoms with Crippen LogP contribution in [-0.2, 0) is 0 Å². The van der Waals surface area contributed by atoms with E-state index in [1.165, 1.54) is 12.1 Å². The van der Waals surface area contributed by atoms with Crippen LogP contribution in [0.1, 0.15) is 10.5 Å². The van der Waals surface area contributed by atoms with E-state index in [0.717, 1.165) is 0 Å². The molecule has 0 aliphatic rings. The van der Waals surface area contributed by atoms with Gasteiger partial charge >= 0.3 is 0 Å². The third-order valence-electron chi connectivity index (χ3n) is 1.63. The van der Waals surface area contributed by atoms with Gasteiger partial charge in [0.2, 0.25) is 0 Å². The number of aromatic amines is 1. The smallest absolute Gasteiger partial charge is 0.183 e. The van der Waals surface area contributed by atoms with Crippen molar-refractivity contribution in [3.05, 3.63) is 40.4 Å². The summed E-state index contributed by atoms with van der Waals surface area (Å²) in [5.41, 5.74) is 1.01. The summed E-state index contributed by atoms with van der Waals surface area (Å²) in [4.78, 5) is 24.0. The monoisotopic (exact) mass is 162 g/mol. The van der Waals surface area contributed by atoms with E-state index in [9.17, 15) is 9.59 Å². The van der Waals surface area contributed by atoms with E-state index in [2.05, 4.69) is 4.98 Å². The zero-order valence-corrected chi connectivity index (χ0v) is 6.15. The van der Waals surface area contributed by atoms with E-state index in [0.29, 0.717) is 17.6 Å². The summed E-state index contributed by atoms with van der Waals surface area (Å²) >= 11 is 0. The fraction of sp³-hybridized carbons (Fsp3) is 0. The van der Waals surface area contributed by atoms with Gasteiger partial charge in [-0.1, -0.05) is 0 Å². The van der Waals surface area contributed by atoms with Crippen molar-refractivity contribution in [3.8, 4) is 0 Å². The summed E-state index contributed by atoms with van der Waals surface area (Å²) in [6.07, 6.45) is 3.94. The van der Waals surface area contributed by atoms with Crippen molar-refractivity contribution in [2.45, 2.75) is 0 Å². The Kier molecular flexibility index (Phi) is 1.33. The Morgan fingerprint density at radius 1 is 1.50 bits per heavy atom. The molecule has 0 radical (unpaired) electrons. The van der Waals surface area contributed by atoms with Crippen LogP contribution in [0.25, 0.3) is 5.65 Å². The van der Waals surface area contributed by atoms with E-state index in [1.807, 2.05) is 0 Å². The molecule has 4 heteroatoms. The lowest BCUT2D eigenvalue weighted by Gasteiger charge is -1.87. The number of nitrogens with zero attached hydrogens (tertiary/aromatic N) is 1. The van der Waals surface area contributed by atoms with Gasteiger partial charge in [-0.05, 0) is 0 Å². The predicted octanol–water partition coefficient (Wildman–Crippen LogP) is 0.440. The molecule has 0 aliphatic carbocycles. The Morgan fingerprint density at radius 2 is 2.33 bits per heavy atom. The Balaban J connectivity index is 2.83.